The monoisotopic (exact) mass is 213 g/mol. The first-order chi connectivity index (χ1) is 6.86. The van der Waals surface area contributed by atoms with Crippen molar-refractivity contribution in [3.8, 4) is 0 Å². The van der Waals surface area contributed by atoms with Gasteiger partial charge in [-0.25, -0.2) is 0 Å². The van der Waals surface area contributed by atoms with E-state index in [1.807, 2.05) is 0 Å². The topological polar surface area (TPSA) is 64.1 Å². The van der Waals surface area contributed by atoms with E-state index < -0.39 is 0 Å². The van der Waals surface area contributed by atoms with Crippen molar-refractivity contribution in [2.24, 2.45) is 0 Å². The van der Waals surface area contributed by atoms with Gasteiger partial charge in [0.15, 0.2) is 5.69 Å². The standard InChI is InChI=1S/C8H11N3O2S/c12-8(7-5-14-11-10-7)9-4-6-2-1-3-13-6/h5-6H,1-4H2,(H,9,12). The van der Waals surface area contributed by atoms with Crippen molar-refractivity contribution >= 4 is 17.4 Å². The number of ether oxygens (including phenoxy) is 1. The molecular weight excluding hydrogens is 202 g/mol. The predicted molar refractivity (Wildman–Crippen MR) is 51.2 cm³/mol. The minimum absolute atomic E-state index is 0.172. The fraction of sp³-hybridized carbons (Fsp3) is 0.625. The highest BCUT2D eigenvalue weighted by molar-refractivity contribution is 7.03. The van der Waals surface area contributed by atoms with Gasteiger partial charge < -0.3 is 10.1 Å². The Morgan fingerprint density at radius 1 is 1.79 bits per heavy atom. The summed E-state index contributed by atoms with van der Waals surface area (Å²) in [6.45, 7) is 1.37. The summed E-state index contributed by atoms with van der Waals surface area (Å²) in [6, 6.07) is 0. The highest BCUT2D eigenvalue weighted by Crippen LogP contribution is 2.10. The first kappa shape index (κ1) is 9.54. The molecule has 0 aliphatic carbocycles. The molecule has 5 nitrogen and oxygen atoms in total. The molecule has 0 radical (unpaired) electrons. The molecule has 1 atom stereocenters. The summed E-state index contributed by atoms with van der Waals surface area (Å²) in [7, 11) is 0. The van der Waals surface area contributed by atoms with Gasteiger partial charge in [0.1, 0.15) is 0 Å². The number of carbonyl (C=O) groups is 1. The number of nitrogens with one attached hydrogen (secondary N) is 1. The Morgan fingerprint density at radius 2 is 2.71 bits per heavy atom. The van der Waals surface area contributed by atoms with Crippen LogP contribution in [0, 0.1) is 0 Å². The van der Waals surface area contributed by atoms with Crippen LogP contribution in [0.4, 0.5) is 0 Å². The molecule has 0 spiro atoms. The second-order valence-corrected chi connectivity index (χ2v) is 3.75. The molecule has 6 heteroatoms. The molecule has 1 saturated heterocycles. The summed E-state index contributed by atoms with van der Waals surface area (Å²) in [5.41, 5.74) is 0.382. The van der Waals surface area contributed by atoms with Crippen LogP contribution < -0.4 is 5.32 Å². The summed E-state index contributed by atoms with van der Waals surface area (Å²) in [6.07, 6.45) is 2.28. The van der Waals surface area contributed by atoms with E-state index in [2.05, 4.69) is 14.9 Å². The van der Waals surface area contributed by atoms with Gasteiger partial charge in [-0.3, -0.25) is 4.79 Å². The van der Waals surface area contributed by atoms with Gasteiger partial charge in [-0.15, -0.1) is 5.10 Å². The zero-order valence-corrected chi connectivity index (χ0v) is 8.42. The second kappa shape index (κ2) is 4.47. The zero-order valence-electron chi connectivity index (χ0n) is 7.60. The number of hydrogen-bond acceptors (Lipinski definition) is 5. The first-order valence-corrected chi connectivity index (χ1v) is 5.37. The summed E-state index contributed by atoms with van der Waals surface area (Å²) in [4.78, 5) is 11.4. The second-order valence-electron chi connectivity index (χ2n) is 3.14. The van der Waals surface area contributed by atoms with Crippen molar-refractivity contribution in [2.75, 3.05) is 13.2 Å². The normalized spacial score (nSPS) is 21.0. The molecule has 2 heterocycles. The molecule has 1 aliphatic rings. The lowest BCUT2D eigenvalue weighted by Gasteiger charge is -2.09. The molecule has 1 fully saturated rings. The lowest BCUT2D eigenvalue weighted by molar-refractivity contribution is 0.0853. The Morgan fingerprint density at radius 3 is 3.36 bits per heavy atom. The van der Waals surface area contributed by atoms with Crippen molar-refractivity contribution in [1.82, 2.24) is 14.9 Å². The van der Waals surface area contributed by atoms with Crippen molar-refractivity contribution in [3.63, 3.8) is 0 Å². The van der Waals surface area contributed by atoms with Crippen LogP contribution >= 0.6 is 11.5 Å². The average molecular weight is 213 g/mol. The quantitative estimate of drug-likeness (QED) is 0.791. The Kier molecular flexibility index (Phi) is 3.05. The fourth-order valence-electron chi connectivity index (χ4n) is 1.37. The van der Waals surface area contributed by atoms with Crippen molar-refractivity contribution in [2.45, 2.75) is 18.9 Å². The molecule has 0 aromatic carbocycles. The third-order valence-corrected chi connectivity index (χ3v) is 2.61. The highest BCUT2D eigenvalue weighted by atomic mass is 32.1. The summed E-state index contributed by atoms with van der Waals surface area (Å²) in [5.74, 6) is -0.172. The largest absolute Gasteiger partial charge is 0.376 e. The van der Waals surface area contributed by atoms with E-state index in [4.69, 9.17) is 4.74 Å². The van der Waals surface area contributed by atoms with Gasteiger partial charge in [0.25, 0.3) is 5.91 Å². The fourth-order valence-corrected chi connectivity index (χ4v) is 1.80. The zero-order chi connectivity index (χ0) is 9.80. The third-order valence-electron chi connectivity index (χ3n) is 2.11. The molecule has 1 N–H and O–H groups in total. The molecule has 14 heavy (non-hydrogen) atoms. The van der Waals surface area contributed by atoms with Crippen LogP contribution in [0.5, 0.6) is 0 Å². The van der Waals surface area contributed by atoms with Crippen LogP contribution in [0.1, 0.15) is 23.3 Å². The molecule has 1 aromatic rings. The van der Waals surface area contributed by atoms with Gasteiger partial charge in [0, 0.05) is 18.5 Å². The van der Waals surface area contributed by atoms with Gasteiger partial charge in [0.2, 0.25) is 0 Å². The number of hydrogen-bond donors (Lipinski definition) is 1. The lowest BCUT2D eigenvalue weighted by Crippen LogP contribution is -2.31. The molecule has 1 unspecified atom stereocenters. The lowest BCUT2D eigenvalue weighted by atomic mass is 10.2. The van der Waals surface area contributed by atoms with Gasteiger partial charge in [-0.1, -0.05) is 4.49 Å². The maximum atomic E-state index is 11.4. The van der Waals surface area contributed by atoms with Crippen LogP contribution in [0.15, 0.2) is 5.38 Å². The molecule has 0 saturated carbocycles. The summed E-state index contributed by atoms with van der Waals surface area (Å²) >= 11 is 1.17. The SMILES string of the molecule is O=C(NCC1CCCO1)c1csnn1. The van der Waals surface area contributed by atoms with Crippen molar-refractivity contribution < 1.29 is 9.53 Å². The van der Waals surface area contributed by atoms with E-state index in [0.717, 1.165) is 19.4 Å². The number of rotatable bonds is 3. The molecule has 1 amide bonds. The third kappa shape index (κ3) is 2.27. The predicted octanol–water partition coefficient (Wildman–Crippen LogP) is 0.447. The summed E-state index contributed by atoms with van der Waals surface area (Å²) < 4.78 is 9.00. The molecule has 1 aliphatic heterocycles. The van der Waals surface area contributed by atoms with Crippen LogP contribution in [0.3, 0.4) is 0 Å². The smallest absolute Gasteiger partial charge is 0.272 e. The van der Waals surface area contributed by atoms with E-state index >= 15 is 0 Å². The number of nitrogens with zero attached hydrogens (tertiary/aromatic N) is 2. The van der Waals surface area contributed by atoms with Gasteiger partial charge in [0.05, 0.1) is 6.10 Å². The number of amides is 1. The van der Waals surface area contributed by atoms with E-state index in [-0.39, 0.29) is 12.0 Å². The van der Waals surface area contributed by atoms with Crippen LogP contribution in [-0.2, 0) is 4.74 Å². The maximum Gasteiger partial charge on any atom is 0.272 e. The van der Waals surface area contributed by atoms with Gasteiger partial charge in [-0.2, -0.15) is 0 Å². The van der Waals surface area contributed by atoms with E-state index in [9.17, 15) is 4.79 Å². The minimum Gasteiger partial charge on any atom is -0.376 e. The molecule has 76 valence electrons. The van der Waals surface area contributed by atoms with Crippen LogP contribution in [0.25, 0.3) is 0 Å². The number of carbonyl (C=O) groups excluding carboxylic acids is 1. The Labute approximate surface area is 85.6 Å². The maximum absolute atomic E-state index is 11.4. The molecular formula is C8H11N3O2S. The van der Waals surface area contributed by atoms with Crippen LogP contribution in [-0.4, -0.2) is 34.7 Å². The number of aromatic nitrogens is 2. The van der Waals surface area contributed by atoms with Gasteiger partial charge in [-0.05, 0) is 24.4 Å². The molecule has 1 aromatic heterocycles. The van der Waals surface area contributed by atoms with Crippen LogP contribution in [0.2, 0.25) is 0 Å². The highest BCUT2D eigenvalue weighted by Gasteiger charge is 2.17. The molecule has 0 bridgehead atoms. The Hall–Kier alpha value is -1.01. The van der Waals surface area contributed by atoms with E-state index in [1.165, 1.54) is 11.5 Å². The average Bonchev–Trinajstić information content (AvgIpc) is 2.87. The minimum atomic E-state index is -0.172. The van der Waals surface area contributed by atoms with E-state index in [0.29, 0.717) is 12.2 Å². The van der Waals surface area contributed by atoms with E-state index in [1.54, 1.807) is 5.38 Å². The van der Waals surface area contributed by atoms with Gasteiger partial charge >= 0.3 is 0 Å². The Balaban J connectivity index is 1.78. The van der Waals surface area contributed by atoms with Crippen molar-refractivity contribution in [3.05, 3.63) is 11.1 Å². The van der Waals surface area contributed by atoms with Crippen molar-refractivity contribution in [1.29, 1.82) is 0 Å². The summed E-state index contributed by atoms with van der Waals surface area (Å²) in [5, 5.41) is 8.07. The first-order valence-electron chi connectivity index (χ1n) is 4.53. The molecule has 2 rings (SSSR count). The Bertz CT molecular complexity index is 296.